The maximum atomic E-state index is 5.62. The highest BCUT2D eigenvalue weighted by atomic mass is 15.0. The number of benzene rings is 15. The molecule has 0 N–H and O–H groups in total. The zero-order valence-corrected chi connectivity index (χ0v) is 55.1. The lowest BCUT2D eigenvalue weighted by Crippen LogP contribution is -2.00. The summed E-state index contributed by atoms with van der Waals surface area (Å²) in [5.41, 5.74) is 29.5. The first kappa shape index (κ1) is 57.9. The molecule has 20 rings (SSSR count). The molecule has 0 fully saturated rings. The van der Waals surface area contributed by atoms with Gasteiger partial charge in [-0.2, -0.15) is 0 Å². The van der Waals surface area contributed by atoms with Crippen LogP contribution in [0.3, 0.4) is 0 Å². The molecule has 2 aliphatic rings. The van der Waals surface area contributed by atoms with Crippen molar-refractivity contribution in [3.63, 3.8) is 0 Å². The average Bonchev–Trinajstić information content (AvgIpc) is 1.52. The Kier molecular flexibility index (Phi) is 13.6. The van der Waals surface area contributed by atoms with Gasteiger partial charge >= 0.3 is 0 Å². The number of allylic oxidation sites excluding steroid dienone is 5. The van der Waals surface area contributed by atoms with Crippen molar-refractivity contribution in [2.75, 3.05) is 0 Å². The molecule has 0 aliphatic heterocycles. The van der Waals surface area contributed by atoms with E-state index in [2.05, 4.69) is 375 Å². The molecule has 101 heavy (non-hydrogen) atoms. The van der Waals surface area contributed by atoms with Crippen LogP contribution < -0.4 is 0 Å². The highest BCUT2D eigenvalue weighted by molar-refractivity contribution is 6.42. The summed E-state index contributed by atoms with van der Waals surface area (Å²) < 4.78 is 2.42. The van der Waals surface area contributed by atoms with Gasteiger partial charge in [-0.1, -0.05) is 297 Å². The van der Waals surface area contributed by atoms with Crippen molar-refractivity contribution in [3.05, 3.63) is 409 Å². The molecule has 0 radical (unpaired) electrons. The third-order valence-electron chi connectivity index (χ3n) is 20.9. The summed E-state index contributed by atoms with van der Waals surface area (Å²) in [5, 5.41) is 12.0. The molecule has 15 aromatic carbocycles. The van der Waals surface area contributed by atoms with Crippen molar-refractivity contribution in [3.8, 4) is 73.0 Å². The molecule has 3 heteroatoms. The van der Waals surface area contributed by atoms with Gasteiger partial charge in [0.15, 0.2) is 0 Å². The monoisotopic (exact) mass is 1280 g/mol. The molecule has 3 nitrogen and oxygen atoms in total. The van der Waals surface area contributed by atoms with E-state index < -0.39 is 0 Å². The normalized spacial score (nSPS) is 12.8. The van der Waals surface area contributed by atoms with Crippen LogP contribution in [0.2, 0.25) is 0 Å². The maximum absolute atomic E-state index is 5.62. The fraction of sp³-hybridized carbons (Fsp3) is 0. The van der Waals surface area contributed by atoms with Crippen LogP contribution in [0.15, 0.2) is 376 Å². The van der Waals surface area contributed by atoms with Gasteiger partial charge in [0.25, 0.3) is 0 Å². The minimum atomic E-state index is 0.898. The molecule has 0 amide bonds. The van der Waals surface area contributed by atoms with Crippen LogP contribution in [0.5, 0.6) is 0 Å². The van der Waals surface area contributed by atoms with Crippen molar-refractivity contribution < 1.29 is 0 Å². The minimum Gasteiger partial charge on any atom is -0.309 e. The van der Waals surface area contributed by atoms with Gasteiger partial charge in [-0.15, -0.1) is 0 Å². The Morgan fingerprint density at radius 3 is 1.02 bits per heavy atom. The molecule has 468 valence electrons. The van der Waals surface area contributed by atoms with Gasteiger partial charge in [0.05, 0.1) is 33.8 Å². The van der Waals surface area contributed by atoms with Crippen LogP contribution in [0.25, 0.3) is 166 Å². The molecule has 3 heterocycles. The van der Waals surface area contributed by atoms with E-state index in [4.69, 9.17) is 9.97 Å². The lowest BCUT2D eigenvalue weighted by molar-refractivity contribution is 1.18. The van der Waals surface area contributed by atoms with Gasteiger partial charge in [0.1, 0.15) is 0 Å². The Labute approximate surface area is 585 Å². The van der Waals surface area contributed by atoms with E-state index in [0.717, 1.165) is 101 Å². The topological polar surface area (TPSA) is 30.7 Å². The molecule has 0 bridgehead atoms. The van der Waals surface area contributed by atoms with Crippen LogP contribution in [-0.4, -0.2) is 14.5 Å². The summed E-state index contributed by atoms with van der Waals surface area (Å²) in [6, 6.07) is 137. The minimum absolute atomic E-state index is 0.898. The molecule has 18 aromatic rings. The number of aromatic nitrogens is 3. The third kappa shape index (κ3) is 9.65. The predicted molar refractivity (Wildman–Crippen MR) is 424 cm³/mol. The summed E-state index contributed by atoms with van der Waals surface area (Å²) in [5.74, 6) is 0. The molecule has 0 atom stereocenters. The number of nitrogens with zero attached hydrogens (tertiary/aromatic N) is 3. The predicted octanol–water partition coefficient (Wildman–Crippen LogP) is 25.5. The highest BCUT2D eigenvalue weighted by Crippen LogP contribution is 2.64. The van der Waals surface area contributed by atoms with Crippen molar-refractivity contribution in [1.82, 2.24) is 14.5 Å². The van der Waals surface area contributed by atoms with E-state index in [1.165, 1.54) is 104 Å². The quantitative estimate of drug-likeness (QED) is 0.121. The number of hydrogen-bond acceptors (Lipinski definition) is 2. The second-order valence-corrected chi connectivity index (χ2v) is 26.6. The first-order valence-electron chi connectivity index (χ1n) is 34.8. The maximum Gasteiger partial charge on any atom is 0.0715 e. The van der Waals surface area contributed by atoms with Gasteiger partial charge in [-0.3, -0.25) is 0 Å². The Balaban J connectivity index is 0.976. The number of fused-ring (bicyclic) bond motifs is 10. The highest BCUT2D eigenvalue weighted by Gasteiger charge is 2.42. The van der Waals surface area contributed by atoms with Crippen LogP contribution >= 0.6 is 0 Å². The molecular weight excluding hydrogens is 1220 g/mol. The summed E-state index contributed by atoms with van der Waals surface area (Å²) in [6.07, 6.45) is 0. The average molecular weight is 1280 g/mol. The molecule has 0 saturated carbocycles. The lowest BCUT2D eigenvalue weighted by atomic mass is 9.82. The van der Waals surface area contributed by atoms with Crippen molar-refractivity contribution in [1.29, 1.82) is 0 Å². The van der Waals surface area contributed by atoms with Crippen molar-refractivity contribution >= 4 is 92.8 Å². The van der Waals surface area contributed by atoms with Gasteiger partial charge in [-0.05, 0) is 205 Å². The zero-order valence-electron chi connectivity index (χ0n) is 55.1. The number of hydrogen-bond donors (Lipinski definition) is 0. The zero-order chi connectivity index (χ0) is 66.5. The number of para-hydroxylation sites is 2. The summed E-state index contributed by atoms with van der Waals surface area (Å²) >= 11 is 0. The second kappa shape index (κ2) is 23.7. The summed E-state index contributed by atoms with van der Waals surface area (Å²) in [6.45, 7) is 0. The largest absolute Gasteiger partial charge is 0.309 e. The van der Waals surface area contributed by atoms with Crippen LogP contribution in [-0.2, 0) is 0 Å². The number of pyridine rings is 2. The van der Waals surface area contributed by atoms with Crippen LogP contribution in [0.1, 0.15) is 33.4 Å². The van der Waals surface area contributed by atoms with Gasteiger partial charge in [0.2, 0.25) is 0 Å². The van der Waals surface area contributed by atoms with E-state index in [1.54, 1.807) is 0 Å². The smallest absolute Gasteiger partial charge is 0.0715 e. The Morgan fingerprint density at radius 2 is 0.525 bits per heavy atom. The molecule has 0 unspecified atom stereocenters. The first-order valence-corrected chi connectivity index (χ1v) is 34.8. The fourth-order valence-corrected chi connectivity index (χ4v) is 16.3. The summed E-state index contributed by atoms with van der Waals surface area (Å²) in [7, 11) is 0. The van der Waals surface area contributed by atoms with Crippen LogP contribution in [0.4, 0.5) is 0 Å². The van der Waals surface area contributed by atoms with E-state index >= 15 is 0 Å². The third-order valence-corrected chi connectivity index (χ3v) is 20.9. The molecule has 0 saturated heterocycles. The van der Waals surface area contributed by atoms with E-state index in [9.17, 15) is 0 Å². The van der Waals surface area contributed by atoms with E-state index in [0.29, 0.717) is 0 Å². The van der Waals surface area contributed by atoms with Gasteiger partial charge in [-0.25, -0.2) is 9.97 Å². The molecule has 0 spiro atoms. The molecule has 3 aromatic heterocycles. The van der Waals surface area contributed by atoms with Crippen molar-refractivity contribution in [2.45, 2.75) is 0 Å². The summed E-state index contributed by atoms with van der Waals surface area (Å²) in [4.78, 5) is 11.2. The lowest BCUT2D eigenvalue weighted by Gasteiger charge is -2.21. The second-order valence-electron chi connectivity index (χ2n) is 26.6. The van der Waals surface area contributed by atoms with E-state index in [1.807, 2.05) is 0 Å². The van der Waals surface area contributed by atoms with Crippen LogP contribution in [0, 0.1) is 0 Å². The Morgan fingerprint density at radius 1 is 0.168 bits per heavy atom. The first-order chi connectivity index (χ1) is 50.1. The van der Waals surface area contributed by atoms with Crippen molar-refractivity contribution in [2.24, 2.45) is 0 Å². The SMILES string of the molecule is c1ccc(-c2cc(C3=C4C(=C(c5cccc6cc7ccccc7cc56)c5cc(-c6ccc(-n7c8ccccc8c8ccccc87)cc6)c(-c6cc(-c7ccccc7)nc(-c7ccccc7)c6)cc54)C(c4cccc5ccccc45)=C3c3cccc4ccccc34)cc(-c3ccccc3)n2)cc1. The Bertz CT molecular complexity index is 6330. The molecule has 2 aliphatic carbocycles. The standard InChI is InChI=1S/C98H61N3/c1-5-28-65(29-6-1)87-56-72(57-88(99-87)66-30-7-2-8-31-66)84-61-86-85(60-83(84)64-50-52-74(53-51-64)101-91-48-21-19-43-77(91)78-44-20-22-49-92(78)101)94(81-47-25-40-71-54-69-36-13-14-37-70(69)55-82(71)81)98-96(80-46-24-39-63-27-16-18-42-76(63)80)95(79-45-23-38-62-26-15-17-41-75(62)79)93(97(86)98)73-58-89(67-32-9-3-10-33-67)100-90(59-73)68-34-11-4-12-35-68/h1-61H. The number of rotatable bonds is 11. The fourth-order valence-electron chi connectivity index (χ4n) is 16.3. The molecular formula is C98H61N3. The van der Waals surface area contributed by atoms with E-state index in [-0.39, 0.29) is 0 Å². The Hall–Kier alpha value is -13.3. The van der Waals surface area contributed by atoms with Gasteiger partial charge in [0, 0.05) is 38.7 Å². The van der Waals surface area contributed by atoms with Gasteiger partial charge < -0.3 is 4.57 Å².